The summed E-state index contributed by atoms with van der Waals surface area (Å²) in [5, 5.41) is 8.10. The van der Waals surface area contributed by atoms with Gasteiger partial charge in [0.1, 0.15) is 5.82 Å². The van der Waals surface area contributed by atoms with E-state index in [2.05, 4.69) is 10.4 Å². The van der Waals surface area contributed by atoms with Gasteiger partial charge >= 0.3 is 0 Å². The summed E-state index contributed by atoms with van der Waals surface area (Å²) in [5.41, 5.74) is 1.47. The normalized spacial score (nSPS) is 21.3. The number of aromatic nitrogens is 2. The van der Waals surface area contributed by atoms with E-state index in [1.165, 1.54) is 12.1 Å². The number of carbonyl (C=O) groups is 1. The Hall–Kier alpha value is -1.92. The molecule has 1 aliphatic heterocycles. The third-order valence-electron chi connectivity index (χ3n) is 4.59. The van der Waals surface area contributed by atoms with Crippen molar-refractivity contribution in [3.8, 4) is 0 Å². The molecule has 2 aromatic rings. The lowest BCUT2D eigenvalue weighted by Crippen LogP contribution is -2.49. The molecular weight excluding hydrogens is 331 g/mol. The van der Waals surface area contributed by atoms with Gasteiger partial charge in [-0.2, -0.15) is 5.10 Å². The predicted molar refractivity (Wildman–Crippen MR) is 90.0 cm³/mol. The summed E-state index contributed by atoms with van der Waals surface area (Å²) in [6.45, 7) is 0.355. The van der Waals surface area contributed by atoms with Gasteiger partial charge in [0, 0.05) is 49.9 Å². The molecule has 1 aliphatic rings. The molecule has 0 spiro atoms. The maximum absolute atomic E-state index is 13.9. The fourth-order valence-electron chi connectivity index (χ4n) is 3.25. The van der Waals surface area contributed by atoms with Crippen molar-refractivity contribution in [2.45, 2.75) is 31.5 Å². The average molecular weight is 351 g/mol. The number of likely N-dealkylation sites (N-methyl/N-ethyl adjacent to an activating group) is 1. The van der Waals surface area contributed by atoms with Gasteiger partial charge in [0.2, 0.25) is 5.91 Å². The zero-order valence-corrected chi connectivity index (χ0v) is 14.4. The van der Waals surface area contributed by atoms with Crippen LogP contribution in [0.1, 0.15) is 30.1 Å². The lowest BCUT2D eigenvalue weighted by molar-refractivity contribution is -0.136. The van der Waals surface area contributed by atoms with E-state index >= 15 is 0 Å². The molecule has 0 radical (unpaired) electrons. The van der Waals surface area contributed by atoms with Gasteiger partial charge < -0.3 is 10.2 Å². The lowest BCUT2D eigenvalue weighted by Gasteiger charge is -2.39. The smallest absolute Gasteiger partial charge is 0.222 e. The SMILES string of the molecule is CN1C(=O)CC[C@H](NCc2cc(Cl)ccc2F)[C@H]1c1ccnn1C. The Morgan fingerprint density at radius 1 is 1.38 bits per heavy atom. The Labute approximate surface area is 145 Å². The van der Waals surface area contributed by atoms with Gasteiger partial charge in [-0.1, -0.05) is 11.6 Å². The Bertz CT molecular complexity index is 748. The van der Waals surface area contributed by atoms with Crippen molar-refractivity contribution in [2.75, 3.05) is 7.05 Å². The van der Waals surface area contributed by atoms with Gasteiger partial charge in [-0.25, -0.2) is 4.39 Å². The van der Waals surface area contributed by atoms with Crippen LogP contribution < -0.4 is 5.32 Å². The number of hydrogen-bond donors (Lipinski definition) is 1. The van der Waals surface area contributed by atoms with Gasteiger partial charge in [-0.05, 0) is 30.7 Å². The van der Waals surface area contributed by atoms with E-state index in [4.69, 9.17) is 11.6 Å². The molecule has 5 nitrogen and oxygen atoms in total. The van der Waals surface area contributed by atoms with Crippen molar-refractivity contribution >= 4 is 17.5 Å². The summed E-state index contributed by atoms with van der Waals surface area (Å²) >= 11 is 5.95. The first-order valence-corrected chi connectivity index (χ1v) is 8.26. The molecule has 1 N–H and O–H groups in total. The van der Waals surface area contributed by atoms with Gasteiger partial charge in [-0.3, -0.25) is 9.48 Å². The second-order valence-corrected chi connectivity index (χ2v) is 6.53. The number of nitrogens with zero attached hydrogens (tertiary/aromatic N) is 3. The molecule has 1 amide bonds. The van der Waals surface area contributed by atoms with Gasteiger partial charge in [0.25, 0.3) is 0 Å². The number of rotatable bonds is 4. The fourth-order valence-corrected chi connectivity index (χ4v) is 3.45. The first kappa shape index (κ1) is 16.9. The summed E-state index contributed by atoms with van der Waals surface area (Å²) in [4.78, 5) is 13.9. The zero-order chi connectivity index (χ0) is 17.3. The van der Waals surface area contributed by atoms with Crippen molar-refractivity contribution in [1.82, 2.24) is 20.0 Å². The van der Waals surface area contributed by atoms with E-state index in [1.54, 1.807) is 28.9 Å². The molecule has 0 bridgehead atoms. The number of halogens is 2. The van der Waals surface area contributed by atoms with Crippen molar-refractivity contribution in [3.05, 3.63) is 52.6 Å². The summed E-state index contributed by atoms with van der Waals surface area (Å²) < 4.78 is 15.7. The topological polar surface area (TPSA) is 50.2 Å². The molecule has 1 saturated heterocycles. The predicted octanol–water partition coefficient (Wildman–Crippen LogP) is 2.66. The molecule has 0 unspecified atom stereocenters. The van der Waals surface area contributed by atoms with E-state index in [1.807, 2.05) is 13.1 Å². The van der Waals surface area contributed by atoms with Gasteiger partial charge in [0.05, 0.1) is 11.7 Å². The molecule has 3 rings (SSSR count). The molecule has 2 atom stereocenters. The van der Waals surface area contributed by atoms with Crippen LogP contribution in [0.25, 0.3) is 0 Å². The molecule has 128 valence electrons. The third-order valence-corrected chi connectivity index (χ3v) is 4.82. The first-order chi connectivity index (χ1) is 11.5. The third kappa shape index (κ3) is 3.30. The average Bonchev–Trinajstić information content (AvgIpc) is 2.97. The first-order valence-electron chi connectivity index (χ1n) is 7.88. The maximum Gasteiger partial charge on any atom is 0.222 e. The fraction of sp³-hybridized carbons (Fsp3) is 0.412. The molecule has 0 saturated carbocycles. The molecule has 2 heterocycles. The minimum absolute atomic E-state index is 0.0153. The number of hydrogen-bond acceptors (Lipinski definition) is 3. The second-order valence-electron chi connectivity index (χ2n) is 6.09. The summed E-state index contributed by atoms with van der Waals surface area (Å²) in [5.74, 6) is -0.183. The largest absolute Gasteiger partial charge is 0.336 e. The maximum atomic E-state index is 13.9. The molecule has 1 aromatic carbocycles. The number of carbonyl (C=O) groups excluding carboxylic acids is 1. The highest BCUT2D eigenvalue weighted by molar-refractivity contribution is 6.30. The van der Waals surface area contributed by atoms with Crippen molar-refractivity contribution in [3.63, 3.8) is 0 Å². The molecule has 0 aliphatic carbocycles. The van der Waals surface area contributed by atoms with Gasteiger partial charge in [0.15, 0.2) is 0 Å². The Kier molecular flexibility index (Phi) is 4.87. The zero-order valence-electron chi connectivity index (χ0n) is 13.7. The van der Waals surface area contributed by atoms with Crippen LogP contribution in [0.15, 0.2) is 30.5 Å². The molecular formula is C17H20ClFN4O. The van der Waals surface area contributed by atoms with Crippen LogP contribution in [0.2, 0.25) is 5.02 Å². The number of amides is 1. The molecule has 24 heavy (non-hydrogen) atoms. The Morgan fingerprint density at radius 2 is 2.17 bits per heavy atom. The summed E-state index contributed by atoms with van der Waals surface area (Å²) in [6.07, 6.45) is 2.89. The highest BCUT2D eigenvalue weighted by Gasteiger charge is 2.36. The Morgan fingerprint density at radius 3 is 2.88 bits per heavy atom. The second kappa shape index (κ2) is 6.91. The number of benzene rings is 1. The highest BCUT2D eigenvalue weighted by atomic mass is 35.5. The molecule has 1 fully saturated rings. The molecule has 1 aromatic heterocycles. The van der Waals surface area contributed by atoms with E-state index in [0.717, 1.165) is 5.69 Å². The van der Waals surface area contributed by atoms with E-state index < -0.39 is 0 Å². The van der Waals surface area contributed by atoms with Crippen molar-refractivity contribution in [1.29, 1.82) is 0 Å². The van der Waals surface area contributed by atoms with Crippen LogP contribution in [0.5, 0.6) is 0 Å². The minimum Gasteiger partial charge on any atom is -0.336 e. The van der Waals surface area contributed by atoms with Crippen molar-refractivity contribution in [2.24, 2.45) is 7.05 Å². The minimum atomic E-state index is -0.288. The number of likely N-dealkylation sites (tertiary alicyclic amines) is 1. The van der Waals surface area contributed by atoms with Crippen LogP contribution in [0, 0.1) is 5.82 Å². The number of aryl methyl sites for hydroxylation is 1. The van der Waals surface area contributed by atoms with Crippen LogP contribution in [-0.4, -0.2) is 33.7 Å². The van der Waals surface area contributed by atoms with Crippen LogP contribution in [0.3, 0.4) is 0 Å². The van der Waals surface area contributed by atoms with Crippen LogP contribution in [0.4, 0.5) is 4.39 Å². The highest BCUT2D eigenvalue weighted by Crippen LogP contribution is 2.30. The molecule has 7 heteroatoms. The van der Waals surface area contributed by atoms with E-state index in [-0.39, 0.29) is 23.8 Å². The van der Waals surface area contributed by atoms with Crippen LogP contribution in [-0.2, 0) is 18.4 Å². The monoisotopic (exact) mass is 350 g/mol. The number of nitrogens with one attached hydrogen (secondary N) is 1. The quantitative estimate of drug-likeness (QED) is 0.922. The van der Waals surface area contributed by atoms with Gasteiger partial charge in [-0.15, -0.1) is 0 Å². The Balaban J connectivity index is 1.81. The summed E-state index contributed by atoms with van der Waals surface area (Å²) in [6, 6.07) is 6.32. The van der Waals surface area contributed by atoms with Crippen LogP contribution >= 0.6 is 11.6 Å². The van der Waals surface area contributed by atoms with Crippen molar-refractivity contribution < 1.29 is 9.18 Å². The van der Waals surface area contributed by atoms with E-state index in [0.29, 0.717) is 30.0 Å². The lowest BCUT2D eigenvalue weighted by atomic mass is 9.93. The van der Waals surface area contributed by atoms with E-state index in [9.17, 15) is 9.18 Å². The standard InChI is InChI=1S/C17H20ClFN4O/c1-22-16(24)6-5-14(17(22)15-7-8-21-23(15)2)20-10-11-9-12(18)3-4-13(11)19/h3-4,7-9,14,17,20H,5-6,10H2,1-2H3/t14-,17-/m0/s1. The number of piperidine rings is 1. The summed E-state index contributed by atoms with van der Waals surface area (Å²) in [7, 11) is 3.66.